The summed E-state index contributed by atoms with van der Waals surface area (Å²) in [7, 11) is 0. The Kier molecular flexibility index (Phi) is 6.42. The zero-order valence-electron chi connectivity index (χ0n) is 10.2. The van der Waals surface area contributed by atoms with Gasteiger partial charge < -0.3 is 16.6 Å². The molecule has 5 N–H and O–H groups in total. The number of carboxylic acids is 1. The first kappa shape index (κ1) is 15.6. The van der Waals surface area contributed by atoms with E-state index in [2.05, 4.69) is 4.99 Å². The van der Waals surface area contributed by atoms with Gasteiger partial charge in [-0.15, -0.1) is 0 Å². The van der Waals surface area contributed by atoms with Crippen LogP contribution in [0.25, 0.3) is 0 Å². The normalized spacial score (nSPS) is 16.7. The lowest BCUT2D eigenvalue weighted by Gasteiger charge is -2.21. The third-order valence-corrected chi connectivity index (χ3v) is 2.49. The van der Waals surface area contributed by atoms with Crippen molar-refractivity contribution in [3.63, 3.8) is 0 Å². The zero-order valence-corrected chi connectivity index (χ0v) is 10.2. The van der Waals surface area contributed by atoms with Gasteiger partial charge in [-0.25, -0.2) is 4.39 Å². The minimum Gasteiger partial charge on any atom is -0.480 e. The van der Waals surface area contributed by atoms with Gasteiger partial charge in [0.15, 0.2) is 0 Å². The molecule has 0 radical (unpaired) electrons. The second kappa shape index (κ2) is 7.01. The summed E-state index contributed by atoms with van der Waals surface area (Å²) in [5.41, 5.74) is 9.62. The number of halogens is 1. The summed E-state index contributed by atoms with van der Waals surface area (Å²) in [6, 6.07) is 0. The molecule has 0 aromatic rings. The number of allylic oxidation sites excluding steroid dienone is 1. The van der Waals surface area contributed by atoms with Crippen molar-refractivity contribution in [1.29, 1.82) is 0 Å². The highest BCUT2D eigenvalue weighted by molar-refractivity contribution is 5.78. The van der Waals surface area contributed by atoms with E-state index in [9.17, 15) is 9.18 Å². The van der Waals surface area contributed by atoms with E-state index in [4.69, 9.17) is 16.6 Å². The van der Waals surface area contributed by atoms with E-state index >= 15 is 0 Å². The number of carboxylic acid groups (broad SMARTS) is 1. The first-order chi connectivity index (χ1) is 7.81. The van der Waals surface area contributed by atoms with Crippen LogP contribution >= 0.6 is 0 Å². The third-order valence-electron chi connectivity index (χ3n) is 2.49. The molecular formula is C11H20FN3O2. The number of rotatable bonds is 7. The Morgan fingerprint density at radius 1 is 1.59 bits per heavy atom. The molecule has 0 fully saturated rings. The number of hydrogen-bond donors (Lipinski definition) is 3. The molecule has 0 aliphatic rings. The van der Waals surface area contributed by atoms with Gasteiger partial charge in [-0.3, -0.25) is 9.79 Å². The topological polar surface area (TPSA) is 102 Å². The van der Waals surface area contributed by atoms with Crippen molar-refractivity contribution < 1.29 is 14.3 Å². The fourth-order valence-corrected chi connectivity index (χ4v) is 1.19. The van der Waals surface area contributed by atoms with Gasteiger partial charge in [0, 0.05) is 0 Å². The first-order valence-corrected chi connectivity index (χ1v) is 5.45. The largest absolute Gasteiger partial charge is 0.480 e. The van der Waals surface area contributed by atoms with Crippen LogP contribution in [0.2, 0.25) is 0 Å². The van der Waals surface area contributed by atoms with Crippen LogP contribution in [0.1, 0.15) is 33.1 Å². The van der Waals surface area contributed by atoms with Gasteiger partial charge in [0.05, 0.1) is 12.4 Å². The zero-order chi connectivity index (χ0) is 13.5. The number of carbonyl (C=O) groups is 1. The Bertz CT molecular complexity index is 325. The maximum Gasteiger partial charge on any atom is 0.323 e. The lowest BCUT2D eigenvalue weighted by atomic mass is 9.92. The predicted octanol–water partition coefficient (Wildman–Crippen LogP) is 1.19. The van der Waals surface area contributed by atoms with Crippen LogP contribution in [0.4, 0.5) is 4.39 Å². The molecule has 0 aliphatic heterocycles. The summed E-state index contributed by atoms with van der Waals surface area (Å²) in [5.74, 6) is -1.19. The lowest BCUT2D eigenvalue weighted by Crippen LogP contribution is -2.47. The molecule has 5 nitrogen and oxygen atoms in total. The summed E-state index contributed by atoms with van der Waals surface area (Å²) in [4.78, 5) is 14.6. The van der Waals surface area contributed by atoms with Gasteiger partial charge in [0.2, 0.25) is 0 Å². The number of nitrogens with two attached hydrogens (primary N) is 2. The molecule has 0 rings (SSSR count). The van der Waals surface area contributed by atoms with Crippen LogP contribution in [0, 0.1) is 0 Å². The predicted molar refractivity (Wildman–Crippen MR) is 65.4 cm³/mol. The quantitative estimate of drug-likeness (QED) is 0.463. The number of aliphatic imine (C=N–C) groups is 1. The van der Waals surface area contributed by atoms with Gasteiger partial charge in [-0.2, -0.15) is 0 Å². The second-order valence-corrected chi connectivity index (χ2v) is 3.96. The van der Waals surface area contributed by atoms with Crippen LogP contribution < -0.4 is 11.5 Å². The fraction of sp³-hybridized carbons (Fsp3) is 0.636. The third kappa shape index (κ3) is 6.01. The number of aliphatic carboxylic acids is 1. The second-order valence-electron chi connectivity index (χ2n) is 3.96. The highest BCUT2D eigenvalue weighted by Gasteiger charge is 2.30. The summed E-state index contributed by atoms with van der Waals surface area (Å²) < 4.78 is 13.2. The highest BCUT2D eigenvalue weighted by Crippen LogP contribution is 2.16. The van der Waals surface area contributed by atoms with Gasteiger partial charge in [-0.1, -0.05) is 13.0 Å². The maximum absolute atomic E-state index is 13.2. The van der Waals surface area contributed by atoms with Gasteiger partial charge in [-0.05, 0) is 26.2 Å². The molecule has 98 valence electrons. The van der Waals surface area contributed by atoms with E-state index in [1.54, 1.807) is 13.8 Å². The summed E-state index contributed by atoms with van der Waals surface area (Å²) in [6.45, 7) is 3.15. The number of hydrogen-bond acceptors (Lipinski definition) is 3. The minimum absolute atomic E-state index is 0.112. The Hall–Kier alpha value is -1.43. The molecule has 0 saturated carbocycles. The molecule has 0 spiro atoms. The molecule has 0 aromatic heterocycles. The molecule has 6 heteroatoms. The number of amidine groups is 1. The Morgan fingerprint density at radius 2 is 2.18 bits per heavy atom. The molecule has 0 aliphatic carbocycles. The maximum atomic E-state index is 13.2. The molecule has 0 bridgehead atoms. The molecule has 0 saturated heterocycles. The molecular weight excluding hydrogens is 225 g/mol. The van der Waals surface area contributed by atoms with E-state index < -0.39 is 17.3 Å². The van der Waals surface area contributed by atoms with E-state index in [0.29, 0.717) is 12.3 Å². The van der Waals surface area contributed by atoms with E-state index in [1.807, 2.05) is 0 Å². The van der Waals surface area contributed by atoms with Crippen molar-refractivity contribution in [3.8, 4) is 0 Å². The average Bonchev–Trinajstić information content (AvgIpc) is 2.25. The summed E-state index contributed by atoms with van der Waals surface area (Å²) in [5, 5.41) is 8.90. The van der Waals surface area contributed by atoms with Crippen molar-refractivity contribution in [1.82, 2.24) is 0 Å². The lowest BCUT2D eigenvalue weighted by molar-refractivity contribution is -0.143. The first-order valence-electron chi connectivity index (χ1n) is 5.45. The smallest absolute Gasteiger partial charge is 0.323 e. The van der Waals surface area contributed by atoms with Crippen molar-refractivity contribution in [3.05, 3.63) is 11.9 Å². The minimum atomic E-state index is -1.29. The average molecular weight is 245 g/mol. The van der Waals surface area contributed by atoms with Gasteiger partial charge in [0.1, 0.15) is 11.4 Å². The van der Waals surface area contributed by atoms with Crippen molar-refractivity contribution in [2.45, 2.75) is 38.6 Å². The van der Waals surface area contributed by atoms with Crippen LogP contribution in [0.5, 0.6) is 0 Å². The van der Waals surface area contributed by atoms with E-state index in [1.165, 1.54) is 6.08 Å². The molecule has 0 aromatic carbocycles. The monoisotopic (exact) mass is 245 g/mol. The Labute approximate surface area is 100 Å². The van der Waals surface area contributed by atoms with Gasteiger partial charge >= 0.3 is 5.97 Å². The fourth-order valence-electron chi connectivity index (χ4n) is 1.19. The standard InChI is InChI=1S/C11H20FN3O2/c1-3-11(14,10(16)17)6-4-5-9(12)7-15-8(2)13/h5H,3-4,6-7,14H2,1-2H3,(H2,13,15)(H,16,17)/b9-5+/t11-/m1/s1. The summed E-state index contributed by atoms with van der Waals surface area (Å²) >= 11 is 0. The Morgan fingerprint density at radius 3 is 2.59 bits per heavy atom. The van der Waals surface area contributed by atoms with E-state index in [-0.39, 0.29) is 19.4 Å². The summed E-state index contributed by atoms with van der Waals surface area (Å²) in [6.07, 6.45) is 2.06. The van der Waals surface area contributed by atoms with E-state index in [0.717, 1.165) is 0 Å². The molecule has 0 unspecified atom stereocenters. The molecule has 0 amide bonds. The van der Waals surface area contributed by atoms with Crippen molar-refractivity contribution in [2.24, 2.45) is 16.5 Å². The van der Waals surface area contributed by atoms with Crippen LogP contribution in [-0.2, 0) is 4.79 Å². The van der Waals surface area contributed by atoms with Crippen molar-refractivity contribution >= 4 is 11.8 Å². The van der Waals surface area contributed by atoms with Crippen LogP contribution in [0.15, 0.2) is 16.9 Å². The molecule has 17 heavy (non-hydrogen) atoms. The molecule has 0 heterocycles. The number of nitrogens with zero attached hydrogens (tertiary/aromatic N) is 1. The SMILES string of the molecule is CC[C@@](N)(CC/C=C(/F)CN=C(C)N)C(=O)O. The molecule has 1 atom stereocenters. The highest BCUT2D eigenvalue weighted by atomic mass is 19.1. The Balaban J connectivity index is 4.25. The van der Waals surface area contributed by atoms with Crippen molar-refractivity contribution in [2.75, 3.05) is 6.54 Å². The van der Waals surface area contributed by atoms with Gasteiger partial charge in [0.25, 0.3) is 0 Å². The van der Waals surface area contributed by atoms with Crippen LogP contribution in [-0.4, -0.2) is 29.0 Å². The van der Waals surface area contributed by atoms with Crippen LogP contribution in [0.3, 0.4) is 0 Å².